The van der Waals surface area contributed by atoms with Gasteiger partial charge >= 0.3 is 0 Å². The molecule has 1 fully saturated rings. The fourth-order valence-electron chi connectivity index (χ4n) is 2.28. The molecule has 1 aromatic carbocycles. The van der Waals surface area contributed by atoms with Gasteiger partial charge in [0.1, 0.15) is 11.4 Å². The predicted molar refractivity (Wildman–Crippen MR) is 80.5 cm³/mol. The van der Waals surface area contributed by atoms with Crippen LogP contribution in [0.5, 0.6) is 0 Å². The molecule has 1 aliphatic heterocycles. The lowest BCUT2D eigenvalue weighted by molar-refractivity contribution is 0.0729. The molecule has 0 radical (unpaired) electrons. The summed E-state index contributed by atoms with van der Waals surface area (Å²) in [6.07, 6.45) is 0. The Kier molecular flexibility index (Phi) is 3.84. The number of carbonyl (C=O) groups is 1. The number of amides is 1. The molecule has 20 heavy (non-hydrogen) atoms. The number of hydrogen-bond donors (Lipinski definition) is 2. The summed E-state index contributed by atoms with van der Waals surface area (Å²) in [5.41, 5.74) is 2.27. The third kappa shape index (κ3) is 2.48. The topological polar surface area (TPSA) is 61.0 Å². The van der Waals surface area contributed by atoms with Gasteiger partial charge in [0.05, 0.1) is 4.47 Å². The number of nitrogens with zero attached hydrogens (tertiary/aromatic N) is 2. The quantitative estimate of drug-likeness (QED) is 0.881. The van der Waals surface area contributed by atoms with Crippen LogP contribution in [0.15, 0.2) is 34.8 Å². The van der Waals surface area contributed by atoms with Gasteiger partial charge in [0, 0.05) is 31.7 Å². The monoisotopic (exact) mass is 334 g/mol. The summed E-state index contributed by atoms with van der Waals surface area (Å²) in [6, 6.07) is 9.80. The molecule has 0 spiro atoms. The lowest BCUT2D eigenvalue weighted by Crippen LogP contribution is -2.46. The Bertz CT molecular complexity index is 605. The van der Waals surface area contributed by atoms with E-state index in [0.29, 0.717) is 5.69 Å². The highest BCUT2D eigenvalue weighted by Gasteiger charge is 2.24. The van der Waals surface area contributed by atoms with Gasteiger partial charge in [-0.15, -0.1) is 0 Å². The molecule has 2 aromatic rings. The van der Waals surface area contributed by atoms with Crippen molar-refractivity contribution in [3.8, 4) is 11.3 Å². The van der Waals surface area contributed by atoms with Crippen molar-refractivity contribution in [1.29, 1.82) is 0 Å². The number of piperazine rings is 1. The molecule has 0 atom stereocenters. The van der Waals surface area contributed by atoms with Crippen LogP contribution in [0.25, 0.3) is 11.3 Å². The SMILES string of the molecule is O=C(c1[nH]nc(-c2ccccc2)c1Br)N1CCNCC1. The molecule has 0 unspecified atom stereocenters. The molecule has 0 aliphatic carbocycles. The maximum Gasteiger partial charge on any atom is 0.273 e. The van der Waals surface area contributed by atoms with Crippen molar-refractivity contribution in [2.45, 2.75) is 0 Å². The number of H-pyrrole nitrogens is 1. The standard InChI is InChI=1S/C14H15BrN4O/c15-11-12(10-4-2-1-3-5-10)17-18-13(11)14(20)19-8-6-16-7-9-19/h1-5,16H,6-9H2,(H,17,18). The van der Waals surface area contributed by atoms with E-state index in [2.05, 4.69) is 31.4 Å². The highest BCUT2D eigenvalue weighted by Crippen LogP contribution is 2.29. The van der Waals surface area contributed by atoms with Crippen molar-refractivity contribution in [3.05, 3.63) is 40.5 Å². The average Bonchev–Trinajstić information content (AvgIpc) is 2.90. The normalized spacial score (nSPS) is 15.3. The third-order valence-corrected chi connectivity index (χ3v) is 4.14. The Morgan fingerprint density at radius 2 is 1.90 bits per heavy atom. The molecule has 1 saturated heterocycles. The predicted octanol–water partition coefficient (Wildman–Crippen LogP) is 1.88. The van der Waals surface area contributed by atoms with Crippen LogP contribution in [-0.4, -0.2) is 47.2 Å². The molecular weight excluding hydrogens is 320 g/mol. The van der Waals surface area contributed by atoms with Gasteiger partial charge in [0.2, 0.25) is 0 Å². The third-order valence-electron chi connectivity index (χ3n) is 3.37. The van der Waals surface area contributed by atoms with Crippen LogP contribution in [0.4, 0.5) is 0 Å². The molecule has 2 N–H and O–H groups in total. The molecule has 0 bridgehead atoms. The molecule has 104 valence electrons. The summed E-state index contributed by atoms with van der Waals surface area (Å²) in [5.74, 6) is -0.00643. The van der Waals surface area contributed by atoms with E-state index in [1.54, 1.807) is 0 Å². The summed E-state index contributed by atoms with van der Waals surface area (Å²) < 4.78 is 0.729. The van der Waals surface area contributed by atoms with Crippen molar-refractivity contribution in [2.75, 3.05) is 26.2 Å². The van der Waals surface area contributed by atoms with E-state index < -0.39 is 0 Å². The Balaban J connectivity index is 1.88. The van der Waals surface area contributed by atoms with Crippen molar-refractivity contribution in [2.24, 2.45) is 0 Å². The molecule has 1 amide bonds. The van der Waals surface area contributed by atoms with E-state index in [9.17, 15) is 4.79 Å². The van der Waals surface area contributed by atoms with Crippen LogP contribution < -0.4 is 5.32 Å². The Hall–Kier alpha value is -1.66. The second-order valence-corrected chi connectivity index (χ2v) is 5.46. The van der Waals surface area contributed by atoms with E-state index in [4.69, 9.17) is 0 Å². The van der Waals surface area contributed by atoms with Crippen LogP contribution in [0.2, 0.25) is 0 Å². The fourth-order valence-corrected chi connectivity index (χ4v) is 2.86. The van der Waals surface area contributed by atoms with E-state index in [-0.39, 0.29) is 5.91 Å². The number of aromatic amines is 1. The zero-order chi connectivity index (χ0) is 13.9. The first kappa shape index (κ1) is 13.3. The molecule has 2 heterocycles. The van der Waals surface area contributed by atoms with Crippen LogP contribution in [0, 0.1) is 0 Å². The van der Waals surface area contributed by atoms with Crippen molar-refractivity contribution >= 4 is 21.8 Å². The Morgan fingerprint density at radius 1 is 1.20 bits per heavy atom. The highest BCUT2D eigenvalue weighted by atomic mass is 79.9. The molecule has 1 aliphatic rings. The van der Waals surface area contributed by atoms with Gasteiger partial charge < -0.3 is 10.2 Å². The minimum absolute atomic E-state index is 0.00643. The molecule has 6 heteroatoms. The van der Waals surface area contributed by atoms with E-state index in [1.165, 1.54) is 0 Å². The summed E-state index contributed by atoms with van der Waals surface area (Å²) in [6.45, 7) is 3.13. The zero-order valence-electron chi connectivity index (χ0n) is 10.9. The van der Waals surface area contributed by atoms with Gasteiger partial charge in [0.15, 0.2) is 0 Å². The summed E-state index contributed by atoms with van der Waals surface area (Å²) in [4.78, 5) is 14.3. The molecule has 3 rings (SSSR count). The van der Waals surface area contributed by atoms with Crippen LogP contribution >= 0.6 is 15.9 Å². The van der Waals surface area contributed by atoms with Gasteiger partial charge in [-0.3, -0.25) is 9.89 Å². The van der Waals surface area contributed by atoms with E-state index in [0.717, 1.165) is 41.9 Å². The second-order valence-electron chi connectivity index (χ2n) is 4.67. The second kappa shape index (κ2) is 5.76. The number of hydrogen-bond acceptors (Lipinski definition) is 3. The molecule has 1 aromatic heterocycles. The zero-order valence-corrected chi connectivity index (χ0v) is 12.5. The maximum atomic E-state index is 12.5. The molecule has 0 saturated carbocycles. The van der Waals surface area contributed by atoms with Gasteiger partial charge in [-0.1, -0.05) is 30.3 Å². The summed E-state index contributed by atoms with van der Waals surface area (Å²) in [7, 11) is 0. The van der Waals surface area contributed by atoms with Crippen molar-refractivity contribution < 1.29 is 4.79 Å². The fraction of sp³-hybridized carbons (Fsp3) is 0.286. The van der Waals surface area contributed by atoms with Crippen LogP contribution in [-0.2, 0) is 0 Å². The number of aromatic nitrogens is 2. The summed E-state index contributed by atoms with van der Waals surface area (Å²) in [5, 5.41) is 10.4. The first-order valence-electron chi connectivity index (χ1n) is 6.56. The first-order chi connectivity index (χ1) is 9.77. The number of halogens is 1. The lowest BCUT2D eigenvalue weighted by atomic mass is 10.1. The minimum atomic E-state index is -0.00643. The minimum Gasteiger partial charge on any atom is -0.335 e. The number of benzene rings is 1. The summed E-state index contributed by atoms with van der Waals surface area (Å²) >= 11 is 3.50. The largest absolute Gasteiger partial charge is 0.335 e. The first-order valence-corrected chi connectivity index (χ1v) is 7.36. The van der Waals surface area contributed by atoms with Crippen molar-refractivity contribution in [1.82, 2.24) is 20.4 Å². The van der Waals surface area contributed by atoms with Crippen molar-refractivity contribution in [3.63, 3.8) is 0 Å². The maximum absolute atomic E-state index is 12.5. The number of carbonyl (C=O) groups excluding carboxylic acids is 1. The van der Waals surface area contributed by atoms with Crippen LogP contribution in [0.1, 0.15) is 10.5 Å². The average molecular weight is 335 g/mol. The van der Waals surface area contributed by atoms with Crippen LogP contribution in [0.3, 0.4) is 0 Å². The van der Waals surface area contributed by atoms with E-state index in [1.807, 2.05) is 35.2 Å². The Morgan fingerprint density at radius 3 is 2.60 bits per heavy atom. The highest BCUT2D eigenvalue weighted by molar-refractivity contribution is 9.10. The smallest absolute Gasteiger partial charge is 0.273 e. The van der Waals surface area contributed by atoms with Gasteiger partial charge in [0.25, 0.3) is 5.91 Å². The van der Waals surface area contributed by atoms with Gasteiger partial charge in [-0.2, -0.15) is 5.10 Å². The Labute approximate surface area is 125 Å². The molecular formula is C14H15BrN4O. The number of rotatable bonds is 2. The van der Waals surface area contributed by atoms with Gasteiger partial charge in [-0.25, -0.2) is 0 Å². The molecule has 5 nitrogen and oxygen atoms in total. The lowest BCUT2D eigenvalue weighted by Gasteiger charge is -2.26. The van der Waals surface area contributed by atoms with E-state index >= 15 is 0 Å². The number of nitrogens with one attached hydrogen (secondary N) is 2. The van der Waals surface area contributed by atoms with Gasteiger partial charge in [-0.05, 0) is 15.9 Å².